The fourth-order valence-electron chi connectivity index (χ4n) is 1.11. The van der Waals surface area contributed by atoms with Crippen molar-refractivity contribution in [3.63, 3.8) is 0 Å². The number of rotatable bonds is 7. The molecule has 1 atom stereocenters. The van der Waals surface area contributed by atoms with E-state index >= 15 is 0 Å². The first-order valence-electron chi connectivity index (χ1n) is 6.43. The molecule has 0 aliphatic heterocycles. The Hall–Kier alpha value is -1.47. The lowest BCUT2D eigenvalue weighted by Crippen LogP contribution is -2.46. The number of carbonyl (C=O) groups is 3. The standard InChI is InChI=1S/C13H23NO6/c1-8(2)12(19)20-9(16)5-6-14-11(18)10(17)13(3,4)7-15/h8,10,15,17H,5-7H2,1-4H3,(H,14,18)/t10-/m0/s1. The third-order valence-corrected chi connectivity index (χ3v) is 2.71. The molecule has 1 amide bonds. The number of nitrogens with one attached hydrogen (secondary N) is 1. The molecular weight excluding hydrogens is 266 g/mol. The molecule has 0 heterocycles. The molecule has 0 radical (unpaired) electrons. The Morgan fingerprint density at radius 2 is 1.80 bits per heavy atom. The summed E-state index contributed by atoms with van der Waals surface area (Å²) < 4.78 is 4.51. The quantitative estimate of drug-likeness (QED) is 0.434. The van der Waals surface area contributed by atoms with Crippen molar-refractivity contribution in [2.24, 2.45) is 11.3 Å². The van der Waals surface area contributed by atoms with Crippen LogP contribution in [0.25, 0.3) is 0 Å². The van der Waals surface area contributed by atoms with Gasteiger partial charge in [-0.3, -0.25) is 14.4 Å². The van der Waals surface area contributed by atoms with Gasteiger partial charge in [-0.15, -0.1) is 0 Å². The number of aliphatic hydroxyl groups is 2. The molecular formula is C13H23NO6. The van der Waals surface area contributed by atoms with E-state index in [0.717, 1.165) is 0 Å². The molecule has 0 aromatic carbocycles. The van der Waals surface area contributed by atoms with Crippen LogP contribution >= 0.6 is 0 Å². The van der Waals surface area contributed by atoms with E-state index in [1.165, 1.54) is 13.8 Å². The highest BCUT2D eigenvalue weighted by Crippen LogP contribution is 2.19. The number of hydrogen-bond acceptors (Lipinski definition) is 6. The van der Waals surface area contributed by atoms with E-state index in [-0.39, 0.29) is 19.6 Å². The van der Waals surface area contributed by atoms with E-state index in [9.17, 15) is 19.5 Å². The summed E-state index contributed by atoms with van der Waals surface area (Å²) in [6, 6.07) is 0. The minimum absolute atomic E-state index is 0.0540. The predicted octanol–water partition coefficient (Wildman–Crippen LogP) is -0.402. The van der Waals surface area contributed by atoms with Crippen molar-refractivity contribution in [1.29, 1.82) is 0 Å². The van der Waals surface area contributed by atoms with Crippen LogP contribution < -0.4 is 5.32 Å². The Morgan fingerprint density at radius 1 is 1.25 bits per heavy atom. The fraction of sp³-hybridized carbons (Fsp3) is 0.769. The zero-order chi connectivity index (χ0) is 15.9. The van der Waals surface area contributed by atoms with Gasteiger partial charge in [-0.1, -0.05) is 27.7 Å². The van der Waals surface area contributed by atoms with Crippen LogP contribution in [0.5, 0.6) is 0 Å². The van der Waals surface area contributed by atoms with Gasteiger partial charge >= 0.3 is 11.9 Å². The fourth-order valence-corrected chi connectivity index (χ4v) is 1.11. The number of carbonyl (C=O) groups excluding carboxylic acids is 3. The van der Waals surface area contributed by atoms with Gasteiger partial charge < -0.3 is 20.3 Å². The summed E-state index contributed by atoms with van der Waals surface area (Å²) >= 11 is 0. The first-order valence-corrected chi connectivity index (χ1v) is 6.43. The van der Waals surface area contributed by atoms with E-state index in [2.05, 4.69) is 10.1 Å². The number of hydrogen-bond donors (Lipinski definition) is 3. The molecule has 0 bridgehead atoms. The van der Waals surface area contributed by atoms with Gasteiger partial charge in [0.05, 0.1) is 18.9 Å². The van der Waals surface area contributed by atoms with Crippen LogP contribution in [-0.4, -0.2) is 47.3 Å². The minimum Gasteiger partial charge on any atom is -0.396 e. The van der Waals surface area contributed by atoms with Crippen LogP contribution in [0.2, 0.25) is 0 Å². The Kier molecular flexibility index (Phi) is 7.38. The first-order chi connectivity index (χ1) is 9.11. The lowest BCUT2D eigenvalue weighted by molar-refractivity contribution is -0.161. The predicted molar refractivity (Wildman–Crippen MR) is 70.4 cm³/mol. The van der Waals surface area contributed by atoms with Gasteiger partial charge in [0, 0.05) is 12.0 Å². The average Bonchev–Trinajstić information content (AvgIpc) is 2.37. The monoisotopic (exact) mass is 289 g/mol. The zero-order valence-electron chi connectivity index (χ0n) is 12.3. The first kappa shape index (κ1) is 18.5. The normalized spacial score (nSPS) is 12.9. The van der Waals surface area contributed by atoms with Gasteiger partial charge in [0.1, 0.15) is 6.10 Å². The van der Waals surface area contributed by atoms with E-state index in [1.54, 1.807) is 13.8 Å². The maximum absolute atomic E-state index is 11.6. The molecule has 0 fully saturated rings. The Balaban J connectivity index is 4.10. The molecule has 7 heteroatoms. The molecule has 0 aromatic rings. The van der Waals surface area contributed by atoms with Crippen LogP contribution in [0.1, 0.15) is 34.1 Å². The van der Waals surface area contributed by atoms with Crippen molar-refractivity contribution in [3.8, 4) is 0 Å². The topological polar surface area (TPSA) is 113 Å². The van der Waals surface area contributed by atoms with Crippen molar-refractivity contribution in [1.82, 2.24) is 5.32 Å². The Labute approximate surface area is 118 Å². The van der Waals surface area contributed by atoms with Crippen LogP contribution in [0, 0.1) is 11.3 Å². The minimum atomic E-state index is -1.39. The number of amides is 1. The zero-order valence-corrected chi connectivity index (χ0v) is 12.3. The second kappa shape index (κ2) is 7.96. The summed E-state index contributed by atoms with van der Waals surface area (Å²) in [4.78, 5) is 34.0. The van der Waals surface area contributed by atoms with E-state index < -0.39 is 35.3 Å². The van der Waals surface area contributed by atoms with Crippen LogP contribution in [0.4, 0.5) is 0 Å². The lowest BCUT2D eigenvalue weighted by Gasteiger charge is -2.27. The van der Waals surface area contributed by atoms with Gasteiger partial charge in [-0.25, -0.2) is 0 Å². The summed E-state index contributed by atoms with van der Waals surface area (Å²) in [5.74, 6) is -2.45. The Bertz CT molecular complexity index is 364. The molecule has 0 saturated heterocycles. The summed E-state index contributed by atoms with van der Waals surface area (Å²) in [6.07, 6.45) is -1.56. The van der Waals surface area contributed by atoms with Gasteiger partial charge in [0.2, 0.25) is 5.91 Å². The summed E-state index contributed by atoms with van der Waals surface area (Å²) in [5.41, 5.74) is -0.974. The molecule has 0 spiro atoms. The largest absolute Gasteiger partial charge is 0.396 e. The SMILES string of the molecule is CC(C)C(=O)OC(=O)CCNC(=O)[C@H](O)C(C)(C)CO. The van der Waals surface area contributed by atoms with Crippen LogP contribution in [0.15, 0.2) is 0 Å². The second-order valence-corrected chi connectivity index (χ2v) is 5.54. The van der Waals surface area contributed by atoms with E-state index in [0.29, 0.717) is 0 Å². The van der Waals surface area contributed by atoms with Gasteiger partial charge in [0.25, 0.3) is 0 Å². The van der Waals surface area contributed by atoms with Crippen LogP contribution in [-0.2, 0) is 19.1 Å². The molecule has 0 aromatic heterocycles. The molecule has 0 aliphatic carbocycles. The van der Waals surface area contributed by atoms with Crippen molar-refractivity contribution in [3.05, 3.63) is 0 Å². The number of aliphatic hydroxyl groups excluding tert-OH is 2. The van der Waals surface area contributed by atoms with Crippen molar-refractivity contribution in [2.75, 3.05) is 13.2 Å². The van der Waals surface area contributed by atoms with E-state index in [1.807, 2.05) is 0 Å². The van der Waals surface area contributed by atoms with Crippen LogP contribution in [0.3, 0.4) is 0 Å². The summed E-state index contributed by atoms with van der Waals surface area (Å²) in [6.45, 7) is 5.86. The smallest absolute Gasteiger partial charge is 0.316 e. The second-order valence-electron chi connectivity index (χ2n) is 5.54. The molecule has 0 unspecified atom stereocenters. The molecule has 116 valence electrons. The third-order valence-electron chi connectivity index (χ3n) is 2.71. The van der Waals surface area contributed by atoms with Gasteiger partial charge in [-0.2, -0.15) is 0 Å². The van der Waals surface area contributed by atoms with E-state index in [4.69, 9.17) is 5.11 Å². The molecule has 0 aliphatic rings. The van der Waals surface area contributed by atoms with Crippen molar-refractivity contribution in [2.45, 2.75) is 40.2 Å². The maximum atomic E-state index is 11.6. The molecule has 0 saturated carbocycles. The highest BCUT2D eigenvalue weighted by molar-refractivity contribution is 5.87. The Morgan fingerprint density at radius 3 is 2.25 bits per heavy atom. The maximum Gasteiger partial charge on any atom is 0.316 e. The number of ether oxygens (including phenoxy) is 1. The van der Waals surface area contributed by atoms with Gasteiger partial charge in [-0.05, 0) is 0 Å². The summed E-state index contributed by atoms with van der Waals surface area (Å²) in [5, 5.41) is 21.1. The van der Waals surface area contributed by atoms with Crippen molar-refractivity contribution < 1.29 is 29.3 Å². The molecule has 0 rings (SSSR count). The average molecular weight is 289 g/mol. The highest BCUT2D eigenvalue weighted by atomic mass is 16.6. The summed E-state index contributed by atoms with van der Waals surface area (Å²) in [7, 11) is 0. The van der Waals surface area contributed by atoms with Crippen molar-refractivity contribution >= 4 is 17.8 Å². The lowest BCUT2D eigenvalue weighted by atomic mass is 9.87. The van der Waals surface area contributed by atoms with Gasteiger partial charge in [0.15, 0.2) is 0 Å². The highest BCUT2D eigenvalue weighted by Gasteiger charge is 2.32. The molecule has 20 heavy (non-hydrogen) atoms. The third kappa shape index (κ3) is 6.12. The number of esters is 2. The molecule has 3 N–H and O–H groups in total. The molecule has 7 nitrogen and oxygen atoms in total.